The predicted molar refractivity (Wildman–Crippen MR) is 165 cm³/mol. The molecule has 0 amide bonds. The molecule has 1 aliphatic heterocycles. The Labute approximate surface area is 259 Å². The maximum Gasteiger partial charge on any atom is 0.262 e. The summed E-state index contributed by atoms with van der Waals surface area (Å²) in [7, 11) is -2.62. The molecule has 1 atom stereocenters. The van der Waals surface area contributed by atoms with Crippen LogP contribution < -0.4 is 10.0 Å². The van der Waals surface area contributed by atoms with Gasteiger partial charge in [-0.2, -0.15) is 0 Å². The molecule has 6 rings (SSSR count). The van der Waals surface area contributed by atoms with Crippen LogP contribution in [0, 0.1) is 11.6 Å². The van der Waals surface area contributed by atoms with E-state index < -0.39 is 33.4 Å². The van der Waals surface area contributed by atoms with Gasteiger partial charge in [0.25, 0.3) is 10.0 Å². The summed E-state index contributed by atoms with van der Waals surface area (Å²) in [5.74, 6) is -1.44. The number of ether oxygens (including phenoxy) is 1. The molecule has 1 aromatic heterocycles. The average molecular weight is 644 g/mol. The number of piperidine rings is 1. The largest absolute Gasteiger partial charge is 0.388 e. The maximum absolute atomic E-state index is 15.8. The van der Waals surface area contributed by atoms with Crippen LogP contribution in [0.25, 0.3) is 22.0 Å². The van der Waals surface area contributed by atoms with Crippen molar-refractivity contribution in [2.24, 2.45) is 0 Å². The smallest absolute Gasteiger partial charge is 0.262 e. The van der Waals surface area contributed by atoms with Crippen LogP contribution in [-0.4, -0.2) is 67.8 Å². The number of hydrogen-bond donors (Lipinski definition) is 3. The molecule has 0 bridgehead atoms. The zero-order valence-corrected chi connectivity index (χ0v) is 25.6. The third-order valence-corrected chi connectivity index (χ3v) is 9.91. The highest BCUT2D eigenvalue weighted by Gasteiger charge is 2.30. The lowest BCUT2D eigenvalue weighted by molar-refractivity contribution is 0.132. The molecule has 0 unspecified atom stereocenters. The highest BCUT2D eigenvalue weighted by atomic mass is 35.5. The second kappa shape index (κ2) is 12.5. The van der Waals surface area contributed by atoms with Crippen LogP contribution in [0.4, 0.5) is 20.4 Å². The topological polar surface area (TPSA) is 117 Å². The molecular formula is C31H32ClF2N5O4S. The Bertz CT molecular complexity index is 1820. The molecule has 44 heavy (non-hydrogen) atoms. The van der Waals surface area contributed by atoms with Gasteiger partial charge in [-0.3, -0.25) is 4.72 Å². The normalized spacial score (nSPS) is 17.6. The van der Waals surface area contributed by atoms with Crippen molar-refractivity contribution in [2.45, 2.75) is 42.7 Å². The SMILES string of the molecule is COCCN1CCC(Nc2ncc3cc(-c4c(F)ccc(NS(=O)(=O)c5cc(Cl)cc6c5CC[C@@H]6O)c4F)ccc3n2)CC1. The van der Waals surface area contributed by atoms with E-state index in [1.54, 1.807) is 31.5 Å². The summed E-state index contributed by atoms with van der Waals surface area (Å²) >= 11 is 6.14. The number of fused-ring (bicyclic) bond motifs is 2. The first-order valence-electron chi connectivity index (χ1n) is 14.4. The van der Waals surface area contributed by atoms with E-state index in [0.717, 1.165) is 44.6 Å². The van der Waals surface area contributed by atoms with Crippen LogP contribution in [-0.2, 0) is 21.2 Å². The lowest BCUT2D eigenvalue weighted by Gasteiger charge is -2.32. The Balaban J connectivity index is 1.23. The van der Waals surface area contributed by atoms with Crippen molar-refractivity contribution in [1.29, 1.82) is 0 Å². The van der Waals surface area contributed by atoms with Crippen LogP contribution in [0.1, 0.15) is 36.5 Å². The molecule has 0 saturated carbocycles. The number of nitrogens with zero attached hydrogens (tertiary/aromatic N) is 3. The van der Waals surface area contributed by atoms with Crippen LogP contribution >= 0.6 is 11.6 Å². The minimum absolute atomic E-state index is 0.130. The van der Waals surface area contributed by atoms with E-state index in [2.05, 4.69) is 24.9 Å². The average Bonchev–Trinajstić information content (AvgIpc) is 3.37. The molecule has 4 aromatic rings. The zero-order valence-electron chi connectivity index (χ0n) is 24.0. The minimum atomic E-state index is -4.32. The van der Waals surface area contributed by atoms with E-state index >= 15 is 8.78 Å². The number of nitrogens with one attached hydrogen (secondary N) is 2. The number of anilines is 2. The Hall–Kier alpha value is -3.42. The highest BCUT2D eigenvalue weighted by Crippen LogP contribution is 2.39. The van der Waals surface area contributed by atoms with Gasteiger partial charge in [-0.25, -0.2) is 27.2 Å². The van der Waals surface area contributed by atoms with E-state index in [-0.39, 0.29) is 27.1 Å². The summed E-state index contributed by atoms with van der Waals surface area (Å²) in [6.07, 6.45) is 3.34. The van der Waals surface area contributed by atoms with Crippen molar-refractivity contribution in [3.63, 3.8) is 0 Å². The third kappa shape index (κ3) is 6.22. The van der Waals surface area contributed by atoms with Crippen molar-refractivity contribution in [3.8, 4) is 11.1 Å². The van der Waals surface area contributed by atoms with E-state index in [1.165, 1.54) is 12.1 Å². The van der Waals surface area contributed by atoms with Crippen LogP contribution in [0.3, 0.4) is 0 Å². The number of aromatic nitrogens is 2. The second-order valence-electron chi connectivity index (χ2n) is 11.1. The van der Waals surface area contributed by atoms with Gasteiger partial charge in [0.2, 0.25) is 5.95 Å². The van der Waals surface area contributed by atoms with Crippen molar-refractivity contribution in [2.75, 3.05) is 43.4 Å². The standard InChI is InChI=1S/C31H32ClF2N5O4S/c1-43-13-12-39-10-8-21(9-11-39)36-31-35-17-19-14-18(2-5-25(19)37-31)29-24(33)4-6-26(30(29)34)38-44(41,42)28-16-20(32)15-23-22(28)3-7-27(23)40/h2,4-6,14-17,21,27,38,40H,3,7-13H2,1H3,(H,35,36,37)/t27-/m0/s1. The van der Waals surface area contributed by atoms with Crippen molar-refractivity contribution in [3.05, 3.63) is 76.4 Å². The third-order valence-electron chi connectivity index (χ3n) is 8.26. The molecule has 232 valence electrons. The molecule has 1 saturated heterocycles. The first kappa shape index (κ1) is 30.6. The van der Waals surface area contributed by atoms with Gasteiger partial charge < -0.3 is 20.1 Å². The highest BCUT2D eigenvalue weighted by molar-refractivity contribution is 7.92. The van der Waals surface area contributed by atoms with E-state index in [4.69, 9.17) is 16.3 Å². The fourth-order valence-electron chi connectivity index (χ4n) is 5.93. The molecule has 13 heteroatoms. The maximum atomic E-state index is 15.8. The molecular weight excluding hydrogens is 612 g/mol. The quantitative estimate of drug-likeness (QED) is 0.218. The summed E-state index contributed by atoms with van der Waals surface area (Å²) in [6.45, 7) is 3.52. The van der Waals surface area contributed by atoms with Gasteiger partial charge in [0.15, 0.2) is 5.82 Å². The summed E-state index contributed by atoms with van der Waals surface area (Å²) in [6, 6.07) is 9.84. The van der Waals surface area contributed by atoms with Gasteiger partial charge in [0.1, 0.15) is 5.82 Å². The summed E-state index contributed by atoms with van der Waals surface area (Å²) in [4.78, 5) is 11.2. The fraction of sp³-hybridized carbons (Fsp3) is 0.355. The molecule has 0 radical (unpaired) electrons. The number of likely N-dealkylation sites (tertiary alicyclic amines) is 1. The van der Waals surface area contributed by atoms with Gasteiger partial charge in [0.05, 0.1) is 34.4 Å². The van der Waals surface area contributed by atoms with Crippen LogP contribution in [0.5, 0.6) is 0 Å². The zero-order chi connectivity index (χ0) is 31.0. The van der Waals surface area contributed by atoms with E-state index in [1.807, 2.05) is 0 Å². The van der Waals surface area contributed by atoms with E-state index in [9.17, 15) is 13.5 Å². The first-order valence-corrected chi connectivity index (χ1v) is 16.3. The fourth-order valence-corrected chi connectivity index (χ4v) is 7.61. The Morgan fingerprint density at radius 2 is 1.91 bits per heavy atom. The molecule has 2 aliphatic rings. The van der Waals surface area contributed by atoms with Crippen LogP contribution in [0.2, 0.25) is 5.02 Å². The molecule has 2 heterocycles. The Morgan fingerprint density at radius 3 is 2.68 bits per heavy atom. The number of aliphatic hydroxyl groups is 1. The van der Waals surface area contributed by atoms with Gasteiger partial charge in [-0.15, -0.1) is 0 Å². The van der Waals surface area contributed by atoms with Crippen molar-refractivity contribution in [1.82, 2.24) is 14.9 Å². The molecule has 1 fully saturated rings. The van der Waals surface area contributed by atoms with Gasteiger partial charge >= 0.3 is 0 Å². The lowest BCUT2D eigenvalue weighted by atomic mass is 10.0. The molecule has 1 aliphatic carbocycles. The second-order valence-corrected chi connectivity index (χ2v) is 13.2. The molecule has 9 nitrogen and oxygen atoms in total. The van der Waals surface area contributed by atoms with Gasteiger partial charge in [0, 0.05) is 49.4 Å². The Kier molecular flexibility index (Phi) is 8.71. The summed E-state index contributed by atoms with van der Waals surface area (Å²) in [5.41, 5.74) is 0.844. The summed E-state index contributed by atoms with van der Waals surface area (Å²) < 4.78 is 65.0. The van der Waals surface area contributed by atoms with Crippen molar-refractivity contribution < 1.29 is 27.0 Å². The number of halogens is 3. The minimum Gasteiger partial charge on any atom is -0.388 e. The van der Waals surface area contributed by atoms with Gasteiger partial charge in [-0.1, -0.05) is 17.7 Å². The number of benzene rings is 3. The number of hydrogen-bond acceptors (Lipinski definition) is 8. The van der Waals surface area contributed by atoms with Crippen molar-refractivity contribution >= 4 is 44.2 Å². The first-order chi connectivity index (χ1) is 21.1. The lowest BCUT2D eigenvalue weighted by Crippen LogP contribution is -2.40. The van der Waals surface area contributed by atoms with E-state index in [0.29, 0.717) is 47.4 Å². The molecule has 3 N–H and O–H groups in total. The Morgan fingerprint density at radius 1 is 1.11 bits per heavy atom. The number of sulfonamides is 1. The number of rotatable bonds is 9. The van der Waals surface area contributed by atoms with Gasteiger partial charge in [-0.05, 0) is 78.8 Å². The molecule has 0 spiro atoms. The summed E-state index contributed by atoms with van der Waals surface area (Å²) in [5, 5.41) is 14.3. The monoisotopic (exact) mass is 643 g/mol. The predicted octanol–water partition coefficient (Wildman–Crippen LogP) is 5.53. The number of methoxy groups -OCH3 is 1. The molecule has 3 aromatic carbocycles. The number of aliphatic hydroxyl groups excluding tert-OH is 1. The van der Waals surface area contributed by atoms with Crippen LogP contribution in [0.15, 0.2) is 53.6 Å².